The number of benzene rings is 1. The van der Waals surface area contributed by atoms with E-state index in [1.165, 1.54) is 19.1 Å². The van der Waals surface area contributed by atoms with Gasteiger partial charge in [-0.3, -0.25) is 9.78 Å². The van der Waals surface area contributed by atoms with Crippen LogP contribution in [0.3, 0.4) is 0 Å². The number of carbonyl (C=O) groups is 1. The van der Waals surface area contributed by atoms with Crippen molar-refractivity contribution in [1.29, 1.82) is 0 Å². The van der Waals surface area contributed by atoms with Gasteiger partial charge in [0.15, 0.2) is 0 Å². The van der Waals surface area contributed by atoms with Gasteiger partial charge in [0.25, 0.3) is 5.91 Å². The first-order chi connectivity index (χ1) is 14.4. The predicted octanol–water partition coefficient (Wildman–Crippen LogP) is 6.05. The summed E-state index contributed by atoms with van der Waals surface area (Å²) in [5, 5.41) is 2.56. The van der Waals surface area contributed by atoms with Crippen LogP contribution in [0.25, 0.3) is 11.3 Å². The molecule has 0 aliphatic carbocycles. The molecule has 1 aromatic carbocycles. The average Bonchev–Trinajstić information content (AvgIpc) is 2.68. The molecule has 0 radical (unpaired) electrons. The largest absolute Gasteiger partial charge is 0.433 e. The number of nitrogens with zero attached hydrogens (tertiary/aromatic N) is 2. The lowest BCUT2D eigenvalue weighted by Gasteiger charge is -2.13. The van der Waals surface area contributed by atoms with Crippen molar-refractivity contribution in [1.82, 2.24) is 9.97 Å². The van der Waals surface area contributed by atoms with Crippen LogP contribution in [0.1, 0.15) is 32.9 Å². The Bertz CT molecular complexity index is 1120. The van der Waals surface area contributed by atoms with Crippen LogP contribution in [0.5, 0.6) is 0 Å². The zero-order valence-corrected chi connectivity index (χ0v) is 16.2. The molecule has 1 N–H and O–H groups in total. The van der Waals surface area contributed by atoms with E-state index in [4.69, 9.17) is 0 Å². The first-order valence-corrected chi connectivity index (χ1v) is 8.87. The fraction of sp³-hybridized carbons (Fsp3) is 0.190. The molecule has 1 amide bonds. The summed E-state index contributed by atoms with van der Waals surface area (Å²) in [6.07, 6.45) is -8.42. The van der Waals surface area contributed by atoms with E-state index in [2.05, 4.69) is 15.3 Å². The van der Waals surface area contributed by atoms with Crippen LogP contribution < -0.4 is 5.32 Å². The second-order valence-electron chi connectivity index (χ2n) is 6.74. The van der Waals surface area contributed by atoms with Gasteiger partial charge in [-0.15, -0.1) is 0 Å². The first-order valence-electron chi connectivity index (χ1n) is 8.87. The summed E-state index contributed by atoms with van der Waals surface area (Å²) < 4.78 is 76.5. The van der Waals surface area contributed by atoms with Crippen molar-refractivity contribution in [3.63, 3.8) is 0 Å². The highest BCUT2D eigenvalue weighted by Crippen LogP contribution is 2.32. The molecule has 0 aliphatic heterocycles. The van der Waals surface area contributed by atoms with Crippen molar-refractivity contribution in [2.24, 2.45) is 0 Å². The third kappa shape index (κ3) is 5.01. The zero-order valence-electron chi connectivity index (χ0n) is 16.2. The highest BCUT2D eigenvalue weighted by Gasteiger charge is 2.33. The molecule has 162 valence electrons. The van der Waals surface area contributed by atoms with Gasteiger partial charge >= 0.3 is 12.4 Å². The van der Waals surface area contributed by atoms with Gasteiger partial charge in [-0.1, -0.05) is 6.07 Å². The minimum absolute atomic E-state index is 0.0391. The van der Waals surface area contributed by atoms with Crippen LogP contribution in [-0.4, -0.2) is 15.9 Å². The van der Waals surface area contributed by atoms with Crippen LogP contribution in [0, 0.1) is 13.8 Å². The summed E-state index contributed by atoms with van der Waals surface area (Å²) in [4.78, 5) is 19.8. The molecule has 0 unspecified atom stereocenters. The van der Waals surface area contributed by atoms with Crippen molar-refractivity contribution >= 4 is 11.6 Å². The van der Waals surface area contributed by atoms with Crippen molar-refractivity contribution in [2.75, 3.05) is 5.32 Å². The minimum Gasteiger partial charge on any atom is -0.322 e. The maximum absolute atomic E-state index is 12.7. The fourth-order valence-electron chi connectivity index (χ4n) is 2.85. The molecule has 4 nitrogen and oxygen atoms in total. The standard InChI is InChI=1S/C21H15F6N3O/c1-11-3-5-14(9-16(11)17-7-4-13(10-28-17)20(22,23)24)30-19(31)15-6-8-18(21(25,26)27)29-12(15)2/h3-10H,1-2H3,(H,30,31). The molecule has 0 aliphatic rings. The quantitative estimate of drug-likeness (QED) is 0.506. The number of halogens is 6. The molecule has 0 atom stereocenters. The lowest BCUT2D eigenvalue weighted by Crippen LogP contribution is -2.16. The summed E-state index contributed by atoms with van der Waals surface area (Å²) >= 11 is 0. The van der Waals surface area contributed by atoms with Crippen molar-refractivity contribution < 1.29 is 31.1 Å². The summed E-state index contributed by atoms with van der Waals surface area (Å²) in [7, 11) is 0. The number of hydrogen-bond acceptors (Lipinski definition) is 3. The van der Waals surface area contributed by atoms with E-state index in [1.54, 1.807) is 19.1 Å². The third-order valence-electron chi connectivity index (χ3n) is 4.48. The molecule has 2 heterocycles. The summed E-state index contributed by atoms with van der Waals surface area (Å²) in [6, 6.07) is 8.61. The van der Waals surface area contributed by atoms with Gasteiger partial charge in [-0.2, -0.15) is 26.3 Å². The normalized spacial score (nSPS) is 12.0. The molecule has 0 saturated carbocycles. The number of pyridine rings is 2. The van der Waals surface area contributed by atoms with Gasteiger partial charge in [0, 0.05) is 17.4 Å². The lowest BCUT2D eigenvalue weighted by molar-refractivity contribution is -0.141. The molecule has 0 spiro atoms. The Morgan fingerprint density at radius 1 is 0.903 bits per heavy atom. The molecule has 3 aromatic rings. The van der Waals surface area contributed by atoms with E-state index >= 15 is 0 Å². The Morgan fingerprint density at radius 3 is 2.16 bits per heavy atom. The Balaban J connectivity index is 1.86. The number of rotatable bonds is 3. The molecular formula is C21H15F6N3O. The Labute approximate surface area is 173 Å². The summed E-state index contributed by atoms with van der Waals surface area (Å²) in [5.74, 6) is -0.672. The fourth-order valence-corrected chi connectivity index (χ4v) is 2.85. The van der Waals surface area contributed by atoms with Gasteiger partial charge in [0.1, 0.15) is 5.69 Å². The molecule has 31 heavy (non-hydrogen) atoms. The van der Waals surface area contributed by atoms with E-state index < -0.39 is 29.5 Å². The number of nitrogens with one attached hydrogen (secondary N) is 1. The number of carbonyl (C=O) groups excluding carboxylic acids is 1. The second-order valence-corrected chi connectivity index (χ2v) is 6.74. The Morgan fingerprint density at radius 2 is 1.61 bits per heavy atom. The van der Waals surface area contributed by atoms with Crippen LogP contribution in [0.4, 0.5) is 32.0 Å². The molecule has 10 heteroatoms. The molecule has 0 saturated heterocycles. The molecule has 3 rings (SSSR count). The maximum Gasteiger partial charge on any atom is 0.433 e. The zero-order chi connectivity index (χ0) is 23.0. The lowest BCUT2D eigenvalue weighted by atomic mass is 10.0. The van der Waals surface area contributed by atoms with Crippen LogP contribution in [-0.2, 0) is 12.4 Å². The maximum atomic E-state index is 12.7. The highest BCUT2D eigenvalue weighted by atomic mass is 19.4. The van der Waals surface area contributed by atoms with E-state index in [-0.39, 0.29) is 17.0 Å². The summed E-state index contributed by atoms with van der Waals surface area (Å²) in [5.41, 5.74) is -0.352. The first kappa shape index (κ1) is 22.3. The van der Waals surface area contributed by atoms with Crippen LogP contribution in [0.15, 0.2) is 48.7 Å². The number of hydrogen-bond donors (Lipinski definition) is 1. The topological polar surface area (TPSA) is 54.9 Å². The summed E-state index contributed by atoms with van der Waals surface area (Å²) in [6.45, 7) is 3.01. The number of amides is 1. The Hall–Kier alpha value is -3.43. The Kier molecular flexibility index (Phi) is 5.75. The molecular weight excluding hydrogens is 424 g/mol. The van der Waals surface area contributed by atoms with E-state index in [1.807, 2.05) is 0 Å². The van der Waals surface area contributed by atoms with Gasteiger partial charge in [-0.25, -0.2) is 4.98 Å². The molecule has 2 aromatic heterocycles. The number of anilines is 1. The number of aryl methyl sites for hydroxylation is 2. The average molecular weight is 439 g/mol. The van der Waals surface area contributed by atoms with E-state index in [9.17, 15) is 31.1 Å². The van der Waals surface area contributed by atoms with Crippen molar-refractivity contribution in [3.05, 3.63) is 76.7 Å². The third-order valence-corrected chi connectivity index (χ3v) is 4.48. The van der Waals surface area contributed by atoms with Gasteiger partial charge < -0.3 is 5.32 Å². The predicted molar refractivity (Wildman–Crippen MR) is 101 cm³/mol. The smallest absolute Gasteiger partial charge is 0.322 e. The molecule has 0 fully saturated rings. The molecule has 0 bridgehead atoms. The highest BCUT2D eigenvalue weighted by molar-refractivity contribution is 6.05. The van der Waals surface area contributed by atoms with Gasteiger partial charge in [0.2, 0.25) is 0 Å². The van der Waals surface area contributed by atoms with Crippen molar-refractivity contribution in [3.8, 4) is 11.3 Å². The van der Waals surface area contributed by atoms with Crippen LogP contribution >= 0.6 is 0 Å². The van der Waals surface area contributed by atoms with Crippen molar-refractivity contribution in [2.45, 2.75) is 26.2 Å². The second kappa shape index (κ2) is 8.01. The SMILES string of the molecule is Cc1ccc(NC(=O)c2ccc(C(F)(F)F)nc2C)cc1-c1ccc(C(F)(F)F)cn1. The monoisotopic (exact) mass is 439 g/mol. The number of aromatic nitrogens is 2. The number of alkyl halides is 6. The van der Waals surface area contributed by atoms with Gasteiger partial charge in [-0.05, 0) is 55.8 Å². The minimum atomic E-state index is -4.62. The van der Waals surface area contributed by atoms with E-state index in [0.717, 1.165) is 18.3 Å². The van der Waals surface area contributed by atoms with Gasteiger partial charge in [0.05, 0.1) is 22.5 Å². The van der Waals surface area contributed by atoms with E-state index in [0.29, 0.717) is 22.9 Å². The van der Waals surface area contributed by atoms with Crippen LogP contribution in [0.2, 0.25) is 0 Å².